The molecule has 244 valence electrons. The van der Waals surface area contributed by atoms with E-state index in [2.05, 4.69) is 11.4 Å². The lowest BCUT2D eigenvalue weighted by Gasteiger charge is -2.28. The smallest absolute Gasteiger partial charge is 0.344 e. The van der Waals surface area contributed by atoms with Crippen LogP contribution in [-0.4, -0.2) is 66.4 Å². The normalized spacial score (nSPS) is 12.8. The SMILES string of the molecule is Br.CCCC(Oc1c(OCCCC#N)cc(C(=O)CN2Cc3cc(OCC)c(C(=O)NC)cc3C2=N)cc1C(C)(C)C)C(=O)O. The van der Waals surface area contributed by atoms with Gasteiger partial charge in [-0.15, -0.1) is 17.0 Å². The number of hydrogen-bond donors (Lipinski definition) is 3. The Bertz CT molecular complexity index is 1460. The molecule has 0 aliphatic carbocycles. The Hall–Kier alpha value is -4.11. The number of unbranched alkanes of at least 4 members (excludes halogenated alkanes) is 1. The van der Waals surface area contributed by atoms with Crippen molar-refractivity contribution < 1.29 is 33.7 Å². The number of Topliss-reactive ketones (excluding diaryl/α,β-unsaturated/α-hetero) is 1. The van der Waals surface area contributed by atoms with Gasteiger partial charge in [0.25, 0.3) is 5.91 Å². The lowest BCUT2D eigenvalue weighted by atomic mass is 9.84. The van der Waals surface area contributed by atoms with E-state index in [0.29, 0.717) is 47.5 Å². The average Bonchev–Trinajstić information content (AvgIpc) is 3.27. The molecule has 3 N–H and O–H groups in total. The molecular formula is C33H43BrN4O7. The number of ketones is 1. The molecule has 0 saturated carbocycles. The van der Waals surface area contributed by atoms with Gasteiger partial charge in [0.05, 0.1) is 31.4 Å². The van der Waals surface area contributed by atoms with E-state index in [1.165, 1.54) is 7.05 Å². The highest BCUT2D eigenvalue weighted by Gasteiger charge is 2.32. The molecule has 11 nitrogen and oxygen atoms in total. The standard InChI is InChI=1S/C33H42N4O7.BrH/c1-7-11-26(32(40)41)44-29-24(33(3,4)5)14-20(15-28(29)43-13-10-9-12-34)25(38)19-37-18-21-16-27(42-8-2)23(31(39)36-6)17-22(21)30(37)35;/h14-17,26,35H,7-11,13,18-19H2,1-6H3,(H,36,39)(H,40,41);1H. The molecule has 1 unspecified atom stereocenters. The number of amidine groups is 1. The maximum atomic E-state index is 13.8. The van der Waals surface area contributed by atoms with Crippen molar-refractivity contribution in [3.63, 3.8) is 0 Å². The van der Waals surface area contributed by atoms with E-state index in [0.717, 1.165) is 5.56 Å². The zero-order chi connectivity index (χ0) is 32.6. The minimum Gasteiger partial charge on any atom is -0.493 e. The van der Waals surface area contributed by atoms with Crippen molar-refractivity contribution in [3.8, 4) is 23.3 Å². The first-order valence-corrected chi connectivity index (χ1v) is 14.8. The van der Waals surface area contributed by atoms with E-state index in [9.17, 15) is 19.5 Å². The second kappa shape index (κ2) is 16.3. The van der Waals surface area contributed by atoms with Crippen molar-refractivity contribution in [2.45, 2.75) is 78.4 Å². The Morgan fingerprint density at radius 2 is 1.84 bits per heavy atom. The van der Waals surface area contributed by atoms with E-state index in [1.807, 2.05) is 34.6 Å². The van der Waals surface area contributed by atoms with Crippen LogP contribution in [0.2, 0.25) is 0 Å². The molecule has 0 fully saturated rings. The second-order valence-corrected chi connectivity index (χ2v) is 11.6. The van der Waals surface area contributed by atoms with Crippen LogP contribution in [0.15, 0.2) is 24.3 Å². The van der Waals surface area contributed by atoms with Crippen molar-refractivity contribution in [2.24, 2.45) is 0 Å². The minimum atomic E-state index is -1.10. The average molecular weight is 688 g/mol. The lowest BCUT2D eigenvalue weighted by molar-refractivity contribution is -0.145. The first kappa shape index (κ1) is 37.1. The Kier molecular flexibility index (Phi) is 13.4. The molecule has 0 saturated heterocycles. The Morgan fingerprint density at radius 3 is 2.42 bits per heavy atom. The Labute approximate surface area is 275 Å². The van der Waals surface area contributed by atoms with Crippen LogP contribution in [0.5, 0.6) is 17.2 Å². The van der Waals surface area contributed by atoms with E-state index < -0.39 is 17.5 Å². The van der Waals surface area contributed by atoms with Gasteiger partial charge >= 0.3 is 5.97 Å². The van der Waals surface area contributed by atoms with Crippen LogP contribution in [0.1, 0.15) is 97.7 Å². The number of nitrogens with zero attached hydrogens (tertiary/aromatic N) is 2. The first-order chi connectivity index (χ1) is 20.9. The Balaban J connectivity index is 0.00000705. The predicted octanol–water partition coefficient (Wildman–Crippen LogP) is 5.66. The van der Waals surface area contributed by atoms with Crippen LogP contribution in [0.3, 0.4) is 0 Å². The number of nitriles is 1. The maximum Gasteiger partial charge on any atom is 0.344 e. The van der Waals surface area contributed by atoms with Crippen LogP contribution in [0, 0.1) is 16.7 Å². The van der Waals surface area contributed by atoms with Gasteiger partial charge < -0.3 is 29.5 Å². The second-order valence-electron chi connectivity index (χ2n) is 11.6. The third-order valence-electron chi connectivity index (χ3n) is 7.21. The van der Waals surface area contributed by atoms with Crippen LogP contribution >= 0.6 is 17.0 Å². The molecule has 1 amide bonds. The first-order valence-electron chi connectivity index (χ1n) is 14.8. The fourth-order valence-corrected chi connectivity index (χ4v) is 4.93. The highest BCUT2D eigenvalue weighted by Crippen LogP contribution is 2.41. The van der Waals surface area contributed by atoms with Crippen molar-refractivity contribution in [1.29, 1.82) is 10.7 Å². The van der Waals surface area contributed by atoms with Crippen LogP contribution in [0.4, 0.5) is 0 Å². The summed E-state index contributed by atoms with van der Waals surface area (Å²) in [5, 5.41) is 30.1. The molecule has 2 aromatic carbocycles. The number of fused-ring (bicyclic) bond motifs is 1. The van der Waals surface area contributed by atoms with Gasteiger partial charge in [-0.1, -0.05) is 34.1 Å². The molecule has 1 heterocycles. The maximum absolute atomic E-state index is 13.8. The van der Waals surface area contributed by atoms with E-state index in [1.54, 1.807) is 29.2 Å². The zero-order valence-electron chi connectivity index (χ0n) is 26.7. The fraction of sp³-hybridized carbons (Fsp3) is 0.485. The molecule has 12 heteroatoms. The zero-order valence-corrected chi connectivity index (χ0v) is 28.5. The van der Waals surface area contributed by atoms with Gasteiger partial charge in [-0.3, -0.25) is 15.0 Å². The van der Waals surface area contributed by atoms with Crippen molar-refractivity contribution in [3.05, 3.63) is 52.1 Å². The van der Waals surface area contributed by atoms with Crippen molar-refractivity contribution in [1.82, 2.24) is 10.2 Å². The highest BCUT2D eigenvalue weighted by atomic mass is 79.9. The van der Waals surface area contributed by atoms with Gasteiger partial charge in [-0.25, -0.2) is 4.79 Å². The summed E-state index contributed by atoms with van der Waals surface area (Å²) in [5.41, 5.74) is 2.03. The summed E-state index contributed by atoms with van der Waals surface area (Å²) in [7, 11) is 1.52. The molecule has 1 aliphatic rings. The van der Waals surface area contributed by atoms with Crippen molar-refractivity contribution >= 4 is 40.5 Å². The number of aliphatic carboxylic acids is 1. The summed E-state index contributed by atoms with van der Waals surface area (Å²) in [4.78, 5) is 39.9. The molecule has 0 radical (unpaired) electrons. The number of carboxylic acids is 1. The summed E-state index contributed by atoms with van der Waals surface area (Å²) in [6, 6.07) is 8.69. The quantitative estimate of drug-likeness (QED) is 0.159. The Morgan fingerprint density at radius 1 is 1.13 bits per heavy atom. The molecule has 1 aliphatic heterocycles. The van der Waals surface area contributed by atoms with Gasteiger partial charge in [-0.05, 0) is 55.0 Å². The molecule has 3 rings (SSSR count). The number of carbonyl (C=O) groups is 3. The van der Waals surface area contributed by atoms with Crippen LogP contribution in [0.25, 0.3) is 0 Å². The number of amides is 1. The molecule has 0 bridgehead atoms. The van der Waals surface area contributed by atoms with Crippen molar-refractivity contribution in [2.75, 3.05) is 26.8 Å². The third-order valence-corrected chi connectivity index (χ3v) is 7.21. The van der Waals surface area contributed by atoms with Gasteiger partial charge in [0, 0.05) is 36.7 Å². The largest absolute Gasteiger partial charge is 0.493 e. The molecule has 45 heavy (non-hydrogen) atoms. The summed E-state index contributed by atoms with van der Waals surface area (Å²) >= 11 is 0. The fourth-order valence-electron chi connectivity index (χ4n) is 4.93. The molecule has 1 atom stereocenters. The van der Waals surface area contributed by atoms with Crippen LogP contribution in [-0.2, 0) is 16.8 Å². The molecule has 2 aromatic rings. The van der Waals surface area contributed by atoms with Gasteiger partial charge in [0.2, 0.25) is 0 Å². The topological polar surface area (TPSA) is 162 Å². The number of carboxylic acid groups (broad SMARTS) is 1. The highest BCUT2D eigenvalue weighted by molar-refractivity contribution is 8.93. The van der Waals surface area contributed by atoms with Gasteiger partial charge in [0.15, 0.2) is 23.4 Å². The number of hydrogen-bond acceptors (Lipinski definition) is 8. The summed E-state index contributed by atoms with van der Waals surface area (Å²) < 4.78 is 17.8. The number of nitrogens with one attached hydrogen (secondary N) is 2. The van der Waals surface area contributed by atoms with E-state index >= 15 is 0 Å². The summed E-state index contributed by atoms with van der Waals surface area (Å²) in [5.74, 6) is -0.673. The minimum absolute atomic E-state index is 0. The van der Waals surface area contributed by atoms with Crippen LogP contribution < -0.4 is 19.5 Å². The monoisotopic (exact) mass is 686 g/mol. The predicted molar refractivity (Wildman–Crippen MR) is 175 cm³/mol. The van der Waals surface area contributed by atoms with E-state index in [-0.39, 0.29) is 78.5 Å². The molecule has 0 aromatic heterocycles. The molecular weight excluding hydrogens is 644 g/mol. The number of halogens is 1. The number of benzene rings is 2. The lowest BCUT2D eigenvalue weighted by Crippen LogP contribution is -2.31. The third kappa shape index (κ3) is 8.97. The number of rotatable bonds is 15. The van der Waals surface area contributed by atoms with E-state index in [4.69, 9.17) is 24.9 Å². The van der Waals surface area contributed by atoms with Gasteiger partial charge in [0.1, 0.15) is 11.6 Å². The number of ether oxygens (including phenoxy) is 3. The number of carbonyl (C=O) groups excluding carboxylic acids is 2. The molecule has 0 spiro atoms. The van der Waals surface area contributed by atoms with Gasteiger partial charge in [-0.2, -0.15) is 5.26 Å². The summed E-state index contributed by atoms with van der Waals surface area (Å²) in [6.45, 7) is 10.2. The summed E-state index contributed by atoms with van der Waals surface area (Å²) in [6.07, 6.45) is 0.504.